The van der Waals surface area contributed by atoms with E-state index in [2.05, 4.69) is 23.3 Å². The average molecular weight is 209 g/mol. The van der Waals surface area contributed by atoms with Crippen LogP contribution in [0.1, 0.15) is 26.7 Å². The van der Waals surface area contributed by atoms with Crippen molar-refractivity contribution >= 4 is 6.03 Å². The average Bonchev–Trinajstić information content (AvgIpc) is 2.25. The number of rotatable bonds is 6. The molecule has 0 rings (SSSR count). The molecule has 4 heteroatoms. The number of nitrogens with one attached hydrogen (secondary N) is 2. The second-order valence-corrected chi connectivity index (χ2v) is 3.51. The largest absolute Gasteiger partial charge is 0.337 e. The Hall–Kier alpha value is -1.50. The molecule has 0 aliphatic heterocycles. The molecule has 0 spiro atoms. The SMILES string of the molecule is C=CC[C@H](CC)NC(=O)NC[C@@H](C)C#N. The van der Waals surface area contributed by atoms with E-state index in [1.165, 1.54) is 0 Å². The quantitative estimate of drug-likeness (QED) is 0.655. The number of hydrogen-bond donors (Lipinski definition) is 2. The number of carbonyl (C=O) groups excluding carboxylic acids is 1. The first-order valence-corrected chi connectivity index (χ1v) is 5.18. The van der Waals surface area contributed by atoms with Crippen molar-refractivity contribution in [2.75, 3.05) is 6.54 Å². The second kappa shape index (κ2) is 7.86. The Morgan fingerprint density at radius 1 is 1.67 bits per heavy atom. The predicted octanol–water partition coefficient (Wildman–Crippen LogP) is 1.80. The van der Waals surface area contributed by atoms with Crippen molar-refractivity contribution < 1.29 is 4.79 Å². The van der Waals surface area contributed by atoms with Gasteiger partial charge in [0, 0.05) is 12.6 Å². The van der Waals surface area contributed by atoms with Crippen LogP contribution in [0.4, 0.5) is 4.79 Å². The summed E-state index contributed by atoms with van der Waals surface area (Å²) in [6, 6.07) is 1.96. The lowest BCUT2D eigenvalue weighted by atomic mass is 10.1. The van der Waals surface area contributed by atoms with Crippen molar-refractivity contribution in [2.45, 2.75) is 32.7 Å². The van der Waals surface area contributed by atoms with Crippen LogP contribution >= 0.6 is 0 Å². The minimum absolute atomic E-state index is 0.125. The zero-order chi connectivity index (χ0) is 11.7. The lowest BCUT2D eigenvalue weighted by molar-refractivity contribution is 0.236. The minimum Gasteiger partial charge on any atom is -0.337 e. The summed E-state index contributed by atoms with van der Waals surface area (Å²) in [5.74, 6) is -0.157. The smallest absolute Gasteiger partial charge is 0.315 e. The summed E-state index contributed by atoms with van der Waals surface area (Å²) in [5.41, 5.74) is 0. The van der Waals surface area contributed by atoms with Crippen molar-refractivity contribution in [3.05, 3.63) is 12.7 Å². The highest BCUT2D eigenvalue weighted by molar-refractivity contribution is 5.74. The maximum Gasteiger partial charge on any atom is 0.315 e. The fourth-order valence-electron chi connectivity index (χ4n) is 1.06. The third-order valence-electron chi connectivity index (χ3n) is 2.07. The Morgan fingerprint density at radius 2 is 2.33 bits per heavy atom. The number of nitriles is 1. The van der Waals surface area contributed by atoms with Crippen LogP contribution in [-0.4, -0.2) is 18.6 Å². The van der Waals surface area contributed by atoms with Crippen LogP contribution < -0.4 is 10.6 Å². The Bertz CT molecular complexity index is 245. The van der Waals surface area contributed by atoms with E-state index in [4.69, 9.17) is 5.26 Å². The monoisotopic (exact) mass is 209 g/mol. The first-order valence-electron chi connectivity index (χ1n) is 5.18. The summed E-state index contributed by atoms with van der Waals surface area (Å²) in [6.45, 7) is 7.78. The van der Waals surface area contributed by atoms with Gasteiger partial charge in [0.2, 0.25) is 0 Å². The molecule has 0 aromatic carbocycles. The van der Waals surface area contributed by atoms with Crippen LogP contribution in [0.15, 0.2) is 12.7 Å². The Kier molecular flexibility index (Phi) is 7.08. The molecule has 0 fully saturated rings. The van der Waals surface area contributed by atoms with Gasteiger partial charge in [0.15, 0.2) is 0 Å². The van der Waals surface area contributed by atoms with E-state index in [1.807, 2.05) is 6.92 Å². The van der Waals surface area contributed by atoms with Gasteiger partial charge >= 0.3 is 6.03 Å². The number of hydrogen-bond acceptors (Lipinski definition) is 2. The fourth-order valence-corrected chi connectivity index (χ4v) is 1.06. The molecular weight excluding hydrogens is 190 g/mol. The molecule has 0 bridgehead atoms. The van der Waals surface area contributed by atoms with Crippen molar-refractivity contribution in [1.29, 1.82) is 5.26 Å². The molecule has 0 aliphatic carbocycles. The lowest BCUT2D eigenvalue weighted by Crippen LogP contribution is -2.42. The molecule has 0 saturated heterocycles. The van der Waals surface area contributed by atoms with Gasteiger partial charge in [0.05, 0.1) is 12.0 Å². The van der Waals surface area contributed by atoms with E-state index in [0.29, 0.717) is 6.54 Å². The molecule has 0 unspecified atom stereocenters. The van der Waals surface area contributed by atoms with Crippen molar-refractivity contribution in [1.82, 2.24) is 10.6 Å². The van der Waals surface area contributed by atoms with Crippen LogP contribution in [0, 0.1) is 17.2 Å². The molecule has 4 nitrogen and oxygen atoms in total. The van der Waals surface area contributed by atoms with Gasteiger partial charge < -0.3 is 10.6 Å². The summed E-state index contributed by atoms with van der Waals surface area (Å²) >= 11 is 0. The zero-order valence-electron chi connectivity index (χ0n) is 9.42. The van der Waals surface area contributed by atoms with Gasteiger partial charge in [-0.3, -0.25) is 0 Å². The topological polar surface area (TPSA) is 64.9 Å². The molecule has 0 aromatic rings. The third kappa shape index (κ3) is 6.55. The molecule has 0 radical (unpaired) electrons. The predicted molar refractivity (Wildman–Crippen MR) is 60.2 cm³/mol. The first-order chi connectivity index (χ1) is 7.13. The highest BCUT2D eigenvalue weighted by Crippen LogP contribution is 1.97. The Morgan fingerprint density at radius 3 is 2.80 bits per heavy atom. The summed E-state index contributed by atoms with van der Waals surface area (Å²) in [5, 5.41) is 14.0. The highest BCUT2D eigenvalue weighted by atomic mass is 16.2. The number of urea groups is 1. The molecule has 15 heavy (non-hydrogen) atoms. The molecule has 0 heterocycles. The van der Waals surface area contributed by atoms with Crippen molar-refractivity contribution in [3.8, 4) is 6.07 Å². The van der Waals surface area contributed by atoms with E-state index in [-0.39, 0.29) is 18.0 Å². The van der Waals surface area contributed by atoms with Crippen LogP contribution in [0.3, 0.4) is 0 Å². The van der Waals surface area contributed by atoms with E-state index in [0.717, 1.165) is 12.8 Å². The highest BCUT2D eigenvalue weighted by Gasteiger charge is 2.08. The van der Waals surface area contributed by atoms with E-state index in [9.17, 15) is 4.79 Å². The Labute approximate surface area is 91.4 Å². The number of carbonyl (C=O) groups is 1. The van der Waals surface area contributed by atoms with Crippen LogP contribution in [-0.2, 0) is 0 Å². The summed E-state index contributed by atoms with van der Waals surface area (Å²) < 4.78 is 0. The third-order valence-corrected chi connectivity index (χ3v) is 2.07. The van der Waals surface area contributed by atoms with Gasteiger partial charge in [-0.2, -0.15) is 5.26 Å². The van der Waals surface area contributed by atoms with Gasteiger partial charge in [-0.25, -0.2) is 4.79 Å². The second-order valence-electron chi connectivity index (χ2n) is 3.51. The van der Waals surface area contributed by atoms with Crippen molar-refractivity contribution in [3.63, 3.8) is 0 Å². The van der Waals surface area contributed by atoms with E-state index < -0.39 is 0 Å². The fraction of sp³-hybridized carbons (Fsp3) is 0.636. The van der Waals surface area contributed by atoms with E-state index >= 15 is 0 Å². The molecular formula is C11H19N3O. The maximum atomic E-state index is 11.3. The van der Waals surface area contributed by atoms with Crippen molar-refractivity contribution in [2.24, 2.45) is 5.92 Å². The minimum atomic E-state index is -0.217. The molecule has 0 saturated carbocycles. The lowest BCUT2D eigenvalue weighted by Gasteiger charge is -2.15. The standard InChI is InChI=1S/C11H19N3O/c1-4-6-10(5-2)14-11(15)13-8-9(3)7-12/h4,9-10H,1,5-6,8H2,2-3H3,(H2,13,14,15)/t9-,10-/m0/s1. The molecule has 0 aromatic heterocycles. The van der Waals surface area contributed by atoms with Crippen LogP contribution in [0.25, 0.3) is 0 Å². The summed E-state index contributed by atoms with van der Waals surface area (Å²) in [6.07, 6.45) is 3.41. The van der Waals surface area contributed by atoms with Crippen LogP contribution in [0.5, 0.6) is 0 Å². The van der Waals surface area contributed by atoms with Crippen LogP contribution in [0.2, 0.25) is 0 Å². The summed E-state index contributed by atoms with van der Waals surface area (Å²) in [7, 11) is 0. The van der Waals surface area contributed by atoms with Gasteiger partial charge in [-0.15, -0.1) is 6.58 Å². The molecule has 2 N–H and O–H groups in total. The zero-order valence-corrected chi connectivity index (χ0v) is 9.42. The maximum absolute atomic E-state index is 11.3. The normalized spacial score (nSPS) is 13.4. The van der Waals surface area contributed by atoms with Gasteiger partial charge in [-0.05, 0) is 19.8 Å². The number of nitrogens with zero attached hydrogens (tertiary/aromatic N) is 1. The van der Waals surface area contributed by atoms with Gasteiger partial charge in [-0.1, -0.05) is 13.0 Å². The van der Waals surface area contributed by atoms with Gasteiger partial charge in [0.1, 0.15) is 0 Å². The number of amides is 2. The Balaban J connectivity index is 3.81. The molecule has 0 aliphatic rings. The van der Waals surface area contributed by atoms with Gasteiger partial charge in [0.25, 0.3) is 0 Å². The summed E-state index contributed by atoms with van der Waals surface area (Å²) in [4.78, 5) is 11.3. The molecule has 84 valence electrons. The molecule has 2 atom stereocenters. The molecule has 2 amide bonds. The van der Waals surface area contributed by atoms with E-state index in [1.54, 1.807) is 13.0 Å². The first kappa shape index (κ1) is 13.5.